The van der Waals surface area contributed by atoms with Crippen molar-refractivity contribution in [3.05, 3.63) is 59.9 Å². The highest BCUT2D eigenvalue weighted by molar-refractivity contribution is 7.90. The van der Waals surface area contributed by atoms with Crippen LogP contribution in [0.1, 0.15) is 50.9 Å². The number of anilines is 1. The second-order valence-corrected chi connectivity index (χ2v) is 12.7. The van der Waals surface area contributed by atoms with Gasteiger partial charge in [0.15, 0.2) is 5.03 Å². The van der Waals surface area contributed by atoms with Gasteiger partial charge in [-0.15, -0.1) is 0 Å². The molecule has 3 aromatic rings. The van der Waals surface area contributed by atoms with Crippen molar-refractivity contribution in [3.63, 3.8) is 0 Å². The number of aromatic nitrogens is 2. The Balaban J connectivity index is 1.71. The molecule has 9 nitrogen and oxygen atoms in total. The van der Waals surface area contributed by atoms with E-state index >= 15 is 0 Å². The molecule has 1 N–H and O–H groups in total. The summed E-state index contributed by atoms with van der Waals surface area (Å²) in [5.74, 6) is -0.244. The fourth-order valence-corrected chi connectivity index (χ4v) is 5.22. The van der Waals surface area contributed by atoms with Gasteiger partial charge in [-0.3, -0.25) is 4.79 Å². The van der Waals surface area contributed by atoms with Gasteiger partial charge < -0.3 is 14.4 Å². The molecule has 1 aliphatic rings. The monoisotopic (exact) mass is 570 g/mol. The van der Waals surface area contributed by atoms with Gasteiger partial charge in [0.2, 0.25) is 5.88 Å². The number of carbonyl (C=O) groups is 1. The highest BCUT2D eigenvalue weighted by Gasteiger charge is 2.30. The summed E-state index contributed by atoms with van der Waals surface area (Å²) in [5.41, 5.74) is 1.13. The Morgan fingerprint density at radius 2 is 1.82 bits per heavy atom. The highest BCUT2D eigenvalue weighted by Crippen LogP contribution is 2.34. The molecule has 0 spiro atoms. The second kappa shape index (κ2) is 11.8. The zero-order valence-corrected chi connectivity index (χ0v) is 24.2. The molecule has 40 heavy (non-hydrogen) atoms. The first-order chi connectivity index (χ1) is 18.9. The SMILES string of the molecule is COc1cccc(S(=O)(=O)NC(=O)c2ccc(-c3cc(F)cc(OCC(C)C)c3)nc2N2CCC(C)(C)CC2)n1. The lowest BCUT2D eigenvalue weighted by atomic mass is 9.82. The number of rotatable bonds is 9. The first kappa shape index (κ1) is 29.3. The number of carbonyl (C=O) groups excluding carboxylic acids is 1. The molecule has 1 saturated heterocycles. The number of ether oxygens (including phenoxy) is 2. The smallest absolute Gasteiger partial charge is 0.281 e. The van der Waals surface area contributed by atoms with Crippen LogP contribution >= 0.6 is 0 Å². The first-order valence-electron chi connectivity index (χ1n) is 13.1. The van der Waals surface area contributed by atoms with Gasteiger partial charge in [0.1, 0.15) is 17.4 Å². The van der Waals surface area contributed by atoms with E-state index in [1.807, 2.05) is 18.7 Å². The minimum Gasteiger partial charge on any atom is -0.493 e. The molecule has 1 amide bonds. The summed E-state index contributed by atoms with van der Waals surface area (Å²) in [4.78, 5) is 24.0. The highest BCUT2D eigenvalue weighted by atomic mass is 32.2. The number of methoxy groups -OCH3 is 1. The summed E-state index contributed by atoms with van der Waals surface area (Å²) in [6, 6.07) is 11.7. The predicted molar refractivity (Wildman–Crippen MR) is 151 cm³/mol. The number of amides is 1. The zero-order chi connectivity index (χ0) is 29.1. The lowest BCUT2D eigenvalue weighted by Gasteiger charge is -2.38. The lowest BCUT2D eigenvalue weighted by Crippen LogP contribution is -2.40. The normalized spacial score (nSPS) is 15.1. The molecule has 0 atom stereocenters. The van der Waals surface area contributed by atoms with Crippen LogP contribution in [-0.2, 0) is 10.0 Å². The molecule has 214 valence electrons. The van der Waals surface area contributed by atoms with E-state index in [0.717, 1.165) is 12.8 Å². The van der Waals surface area contributed by atoms with E-state index in [1.54, 1.807) is 12.1 Å². The van der Waals surface area contributed by atoms with Crippen molar-refractivity contribution in [3.8, 4) is 22.9 Å². The van der Waals surface area contributed by atoms with Crippen LogP contribution in [0.4, 0.5) is 10.2 Å². The summed E-state index contributed by atoms with van der Waals surface area (Å²) in [5, 5.41) is -0.347. The van der Waals surface area contributed by atoms with Gasteiger partial charge in [-0.25, -0.2) is 14.1 Å². The number of hydrogen-bond acceptors (Lipinski definition) is 8. The Bertz CT molecular complexity index is 1480. The van der Waals surface area contributed by atoms with Gasteiger partial charge in [-0.1, -0.05) is 33.8 Å². The molecule has 1 aliphatic heterocycles. The molecule has 0 aliphatic carbocycles. The fraction of sp³-hybridized carbons (Fsp3) is 0.414. The van der Waals surface area contributed by atoms with Crippen molar-refractivity contribution in [2.45, 2.75) is 45.6 Å². The quantitative estimate of drug-likeness (QED) is 0.380. The van der Waals surface area contributed by atoms with Crippen molar-refractivity contribution >= 4 is 21.7 Å². The molecule has 0 saturated carbocycles. The van der Waals surface area contributed by atoms with E-state index in [4.69, 9.17) is 14.5 Å². The molecule has 1 fully saturated rings. The first-order valence-corrected chi connectivity index (χ1v) is 14.6. The van der Waals surface area contributed by atoms with Crippen LogP contribution in [0.3, 0.4) is 0 Å². The molecule has 1 aromatic carbocycles. The zero-order valence-electron chi connectivity index (χ0n) is 23.4. The van der Waals surface area contributed by atoms with Crippen LogP contribution in [0.2, 0.25) is 0 Å². The molecule has 4 rings (SSSR count). The van der Waals surface area contributed by atoms with Crippen LogP contribution in [0.15, 0.2) is 53.6 Å². The standard InChI is InChI=1S/C29H35FN4O5S/c1-19(2)18-39-22-16-20(15-21(30)17-22)24-10-9-23(27(31-24)34-13-11-29(3,4)12-14-34)28(35)33-40(36,37)26-8-6-7-25(32-26)38-5/h6-10,15-17,19H,11-14,18H2,1-5H3,(H,33,35). The van der Waals surface area contributed by atoms with Crippen molar-refractivity contribution in [2.75, 3.05) is 31.7 Å². The van der Waals surface area contributed by atoms with Gasteiger partial charge >= 0.3 is 0 Å². The third-order valence-electron chi connectivity index (χ3n) is 6.70. The molecule has 0 unspecified atom stereocenters. The molecule has 0 radical (unpaired) electrons. The number of nitrogens with one attached hydrogen (secondary N) is 1. The Morgan fingerprint density at radius 3 is 2.50 bits per heavy atom. The van der Waals surface area contributed by atoms with Gasteiger partial charge in [0, 0.05) is 30.8 Å². The third-order valence-corrected chi connectivity index (χ3v) is 7.93. The summed E-state index contributed by atoms with van der Waals surface area (Å²) >= 11 is 0. The Morgan fingerprint density at radius 1 is 1.10 bits per heavy atom. The van der Waals surface area contributed by atoms with Crippen molar-refractivity contribution in [2.24, 2.45) is 11.3 Å². The van der Waals surface area contributed by atoms with Crippen molar-refractivity contribution < 1.29 is 27.1 Å². The third kappa shape index (κ3) is 7.07. The minimum atomic E-state index is -4.30. The number of halogens is 1. The summed E-state index contributed by atoms with van der Waals surface area (Å²) < 4.78 is 53.4. The fourth-order valence-electron chi connectivity index (χ4n) is 4.30. The van der Waals surface area contributed by atoms with Gasteiger partial charge in [0.25, 0.3) is 15.9 Å². The maximum atomic E-state index is 14.5. The molecule has 11 heteroatoms. The van der Waals surface area contributed by atoms with Crippen molar-refractivity contribution in [1.82, 2.24) is 14.7 Å². The predicted octanol–water partition coefficient (Wildman–Crippen LogP) is 5.07. The number of sulfonamides is 1. The summed E-state index contributed by atoms with van der Waals surface area (Å²) in [6.45, 7) is 10.0. The summed E-state index contributed by atoms with van der Waals surface area (Å²) in [7, 11) is -2.93. The number of benzene rings is 1. The maximum Gasteiger partial charge on any atom is 0.281 e. The van der Waals surface area contributed by atoms with Gasteiger partial charge in [-0.05, 0) is 54.5 Å². The minimum absolute atomic E-state index is 0.0858. The number of piperidine rings is 1. The van der Waals surface area contributed by atoms with E-state index in [1.165, 1.54) is 43.5 Å². The Hall–Kier alpha value is -3.73. The van der Waals surface area contributed by atoms with E-state index in [9.17, 15) is 17.6 Å². The Labute approximate surface area is 234 Å². The van der Waals surface area contributed by atoms with E-state index < -0.39 is 21.7 Å². The van der Waals surface area contributed by atoms with E-state index in [-0.39, 0.29) is 27.8 Å². The Kier molecular flexibility index (Phi) is 8.62. The van der Waals surface area contributed by atoms with Crippen LogP contribution < -0.4 is 19.1 Å². The maximum absolute atomic E-state index is 14.5. The molecular weight excluding hydrogens is 535 g/mol. The number of hydrogen-bond donors (Lipinski definition) is 1. The van der Waals surface area contributed by atoms with Crippen LogP contribution in [0.25, 0.3) is 11.3 Å². The molecule has 3 heterocycles. The van der Waals surface area contributed by atoms with Gasteiger partial charge in [-0.2, -0.15) is 13.4 Å². The van der Waals surface area contributed by atoms with Crippen molar-refractivity contribution in [1.29, 1.82) is 0 Å². The van der Waals surface area contributed by atoms with Crippen LogP contribution in [0.5, 0.6) is 11.6 Å². The molecule has 2 aromatic heterocycles. The molecule has 0 bridgehead atoms. The van der Waals surface area contributed by atoms with Crippen LogP contribution in [0, 0.1) is 17.2 Å². The number of nitrogens with zero attached hydrogens (tertiary/aromatic N) is 3. The topological polar surface area (TPSA) is 111 Å². The average Bonchev–Trinajstić information content (AvgIpc) is 2.91. The second-order valence-electron chi connectivity index (χ2n) is 11.1. The largest absolute Gasteiger partial charge is 0.493 e. The number of pyridine rings is 2. The summed E-state index contributed by atoms with van der Waals surface area (Å²) in [6.07, 6.45) is 1.72. The van der Waals surface area contributed by atoms with Gasteiger partial charge in [0.05, 0.1) is 25.0 Å². The average molecular weight is 571 g/mol. The molecular formula is C29H35FN4O5S. The van der Waals surface area contributed by atoms with E-state index in [0.29, 0.717) is 42.5 Å². The lowest BCUT2D eigenvalue weighted by molar-refractivity contribution is 0.0981. The van der Waals surface area contributed by atoms with Crippen LogP contribution in [-0.4, -0.2) is 51.1 Å². The van der Waals surface area contributed by atoms with E-state index in [2.05, 4.69) is 23.6 Å².